The van der Waals surface area contributed by atoms with E-state index in [2.05, 4.69) is 0 Å². The zero-order chi connectivity index (χ0) is 18.8. The molecule has 1 amide bonds. The molecule has 0 atom stereocenters. The number of esters is 1. The summed E-state index contributed by atoms with van der Waals surface area (Å²) in [7, 11) is 0. The quantitative estimate of drug-likeness (QED) is 0.539. The topological polar surface area (TPSA) is 79.6 Å². The summed E-state index contributed by atoms with van der Waals surface area (Å²) in [4.78, 5) is 25.3. The van der Waals surface area contributed by atoms with E-state index in [9.17, 15) is 9.59 Å². The summed E-state index contributed by atoms with van der Waals surface area (Å²) < 4.78 is 10.5. The first kappa shape index (κ1) is 19.0. The molecule has 0 heterocycles. The lowest BCUT2D eigenvalue weighted by atomic mass is 10.2. The predicted octanol–water partition coefficient (Wildman–Crippen LogP) is 2.86. The van der Waals surface area contributed by atoms with Gasteiger partial charge in [-0.2, -0.15) is 5.26 Å². The number of hydrogen-bond donors (Lipinski definition) is 0. The minimum atomic E-state index is -0.531. The molecule has 0 aliphatic heterocycles. The molecule has 0 radical (unpaired) electrons. The maximum atomic E-state index is 12.2. The van der Waals surface area contributed by atoms with Gasteiger partial charge in [0.15, 0.2) is 6.61 Å². The third-order valence-corrected chi connectivity index (χ3v) is 3.61. The van der Waals surface area contributed by atoms with E-state index in [4.69, 9.17) is 14.7 Å². The molecule has 134 valence electrons. The van der Waals surface area contributed by atoms with Crippen LogP contribution in [0.15, 0.2) is 54.6 Å². The Morgan fingerprint density at radius 3 is 2.46 bits per heavy atom. The highest BCUT2D eigenvalue weighted by atomic mass is 16.5. The highest BCUT2D eigenvalue weighted by molar-refractivity contribution is 5.95. The summed E-state index contributed by atoms with van der Waals surface area (Å²) in [5.41, 5.74) is 1.56. The van der Waals surface area contributed by atoms with Crippen molar-refractivity contribution in [3.8, 4) is 11.8 Å². The van der Waals surface area contributed by atoms with Crippen LogP contribution < -0.4 is 9.64 Å². The van der Waals surface area contributed by atoms with Crippen LogP contribution in [0.3, 0.4) is 0 Å². The number of carbonyl (C=O) groups excluding carboxylic acids is 2. The van der Waals surface area contributed by atoms with Crippen LogP contribution in [0.2, 0.25) is 0 Å². The number of aryl methyl sites for hydroxylation is 1. The number of nitriles is 1. The van der Waals surface area contributed by atoms with Crippen molar-refractivity contribution in [3.63, 3.8) is 0 Å². The summed E-state index contributed by atoms with van der Waals surface area (Å²) in [5.74, 6) is -0.275. The smallest absolute Gasteiger partial charge is 0.309 e. The van der Waals surface area contributed by atoms with E-state index in [1.165, 1.54) is 4.90 Å². The van der Waals surface area contributed by atoms with Crippen LogP contribution in [0.4, 0.5) is 5.69 Å². The van der Waals surface area contributed by atoms with Crippen LogP contribution in [-0.4, -0.2) is 31.6 Å². The van der Waals surface area contributed by atoms with E-state index in [1.54, 1.807) is 24.3 Å². The number of nitrogens with zero attached hydrogens (tertiary/aromatic N) is 2. The number of amides is 1. The number of anilines is 1. The van der Waals surface area contributed by atoms with E-state index in [0.29, 0.717) is 11.4 Å². The number of para-hydroxylation sites is 2. The molecular formula is C20H20N2O4. The Labute approximate surface area is 152 Å². The van der Waals surface area contributed by atoms with Crippen molar-refractivity contribution >= 4 is 17.6 Å². The third kappa shape index (κ3) is 5.64. The molecule has 0 bridgehead atoms. The van der Waals surface area contributed by atoms with E-state index in [1.807, 2.05) is 43.3 Å². The molecule has 0 saturated carbocycles. The Morgan fingerprint density at radius 2 is 1.77 bits per heavy atom. The molecule has 0 aromatic heterocycles. The Balaban J connectivity index is 1.79. The van der Waals surface area contributed by atoms with E-state index in [-0.39, 0.29) is 19.6 Å². The molecule has 0 saturated heterocycles. The molecule has 0 fully saturated rings. The maximum Gasteiger partial charge on any atom is 0.309 e. The Morgan fingerprint density at radius 1 is 1.08 bits per heavy atom. The Bertz CT molecular complexity index is 784. The van der Waals surface area contributed by atoms with Crippen LogP contribution in [0.1, 0.15) is 12.0 Å². The molecular weight excluding hydrogens is 332 g/mol. The predicted molar refractivity (Wildman–Crippen MR) is 96.7 cm³/mol. The highest BCUT2D eigenvalue weighted by Crippen LogP contribution is 2.16. The van der Waals surface area contributed by atoms with Gasteiger partial charge < -0.3 is 9.47 Å². The SMILES string of the molecule is Cc1ccccc1OCCC(=O)OCC(=O)N(CC#N)c1ccccc1. The van der Waals surface area contributed by atoms with Crippen molar-refractivity contribution in [1.29, 1.82) is 5.26 Å². The fourth-order valence-electron chi connectivity index (χ4n) is 2.26. The molecule has 2 rings (SSSR count). The monoisotopic (exact) mass is 352 g/mol. The molecule has 6 heteroatoms. The van der Waals surface area contributed by atoms with E-state index < -0.39 is 18.5 Å². The largest absolute Gasteiger partial charge is 0.493 e. The van der Waals surface area contributed by atoms with Gasteiger partial charge in [0, 0.05) is 5.69 Å². The molecule has 0 N–H and O–H groups in total. The summed E-state index contributed by atoms with van der Waals surface area (Å²) in [6, 6.07) is 18.2. The van der Waals surface area contributed by atoms with Crippen LogP contribution in [0.5, 0.6) is 5.75 Å². The molecule has 0 unspecified atom stereocenters. The van der Waals surface area contributed by atoms with Crippen molar-refractivity contribution in [3.05, 3.63) is 60.2 Å². The van der Waals surface area contributed by atoms with Gasteiger partial charge in [0.25, 0.3) is 5.91 Å². The zero-order valence-corrected chi connectivity index (χ0v) is 14.6. The van der Waals surface area contributed by atoms with Crippen molar-refractivity contribution in [2.45, 2.75) is 13.3 Å². The minimum Gasteiger partial charge on any atom is -0.493 e. The highest BCUT2D eigenvalue weighted by Gasteiger charge is 2.17. The number of carbonyl (C=O) groups is 2. The fourth-order valence-corrected chi connectivity index (χ4v) is 2.26. The molecule has 2 aromatic carbocycles. The average Bonchev–Trinajstić information content (AvgIpc) is 2.66. The van der Waals surface area contributed by atoms with Crippen molar-refractivity contribution in [2.75, 3.05) is 24.7 Å². The lowest BCUT2D eigenvalue weighted by Crippen LogP contribution is -2.35. The van der Waals surface area contributed by atoms with Gasteiger partial charge in [0.2, 0.25) is 0 Å². The first-order valence-corrected chi connectivity index (χ1v) is 8.18. The van der Waals surface area contributed by atoms with Crippen molar-refractivity contribution in [1.82, 2.24) is 0 Å². The van der Waals surface area contributed by atoms with Gasteiger partial charge in [0.05, 0.1) is 19.1 Å². The van der Waals surface area contributed by atoms with Gasteiger partial charge in [-0.05, 0) is 30.7 Å². The average molecular weight is 352 g/mol. The lowest BCUT2D eigenvalue weighted by Gasteiger charge is -2.19. The summed E-state index contributed by atoms with van der Waals surface area (Å²) in [6.45, 7) is 1.55. The van der Waals surface area contributed by atoms with E-state index >= 15 is 0 Å². The Hall–Kier alpha value is -3.33. The minimum absolute atomic E-state index is 0.0329. The van der Waals surface area contributed by atoms with Gasteiger partial charge in [0.1, 0.15) is 12.3 Å². The Kier molecular flexibility index (Phi) is 7.19. The molecule has 6 nitrogen and oxygen atoms in total. The summed E-state index contributed by atoms with van der Waals surface area (Å²) in [5, 5.41) is 8.90. The summed E-state index contributed by atoms with van der Waals surface area (Å²) in [6.07, 6.45) is 0.0329. The lowest BCUT2D eigenvalue weighted by molar-refractivity contribution is -0.148. The van der Waals surface area contributed by atoms with Gasteiger partial charge >= 0.3 is 5.97 Å². The van der Waals surface area contributed by atoms with Gasteiger partial charge in [-0.3, -0.25) is 14.5 Å². The van der Waals surface area contributed by atoms with Crippen LogP contribution in [-0.2, 0) is 14.3 Å². The molecule has 26 heavy (non-hydrogen) atoms. The number of benzene rings is 2. The van der Waals surface area contributed by atoms with Crippen LogP contribution in [0.25, 0.3) is 0 Å². The first-order valence-electron chi connectivity index (χ1n) is 8.18. The number of hydrogen-bond acceptors (Lipinski definition) is 5. The van der Waals surface area contributed by atoms with Crippen molar-refractivity contribution < 1.29 is 19.1 Å². The molecule has 2 aromatic rings. The van der Waals surface area contributed by atoms with Crippen molar-refractivity contribution in [2.24, 2.45) is 0 Å². The zero-order valence-electron chi connectivity index (χ0n) is 14.6. The normalized spacial score (nSPS) is 9.85. The summed E-state index contributed by atoms with van der Waals surface area (Å²) >= 11 is 0. The molecule has 0 aliphatic rings. The second-order valence-electron chi connectivity index (χ2n) is 5.50. The fraction of sp³-hybridized carbons (Fsp3) is 0.250. The standard InChI is InChI=1S/C20H20N2O4/c1-16-7-5-6-10-18(16)25-14-11-20(24)26-15-19(23)22(13-12-21)17-8-3-2-4-9-17/h2-10H,11,13-15H2,1H3. The first-order chi connectivity index (χ1) is 12.6. The number of ether oxygens (including phenoxy) is 2. The van der Waals surface area contributed by atoms with Gasteiger partial charge in [-0.1, -0.05) is 36.4 Å². The maximum absolute atomic E-state index is 12.2. The third-order valence-electron chi connectivity index (χ3n) is 3.61. The van der Waals surface area contributed by atoms with Gasteiger partial charge in [-0.25, -0.2) is 0 Å². The second kappa shape index (κ2) is 9.84. The van der Waals surface area contributed by atoms with Gasteiger partial charge in [-0.15, -0.1) is 0 Å². The van der Waals surface area contributed by atoms with E-state index in [0.717, 1.165) is 5.56 Å². The van der Waals surface area contributed by atoms with Crippen LogP contribution in [0, 0.1) is 18.3 Å². The molecule has 0 spiro atoms. The number of rotatable bonds is 8. The van der Waals surface area contributed by atoms with Crippen LogP contribution >= 0.6 is 0 Å². The second-order valence-corrected chi connectivity index (χ2v) is 5.50. The molecule has 0 aliphatic carbocycles.